The normalized spacial score (nSPS) is 15.9. The molecule has 0 unspecified atom stereocenters. The van der Waals surface area contributed by atoms with Crippen LogP contribution in [0.4, 0.5) is 5.13 Å². The molecule has 1 aliphatic rings. The standard InChI is InChI=1S/C16H18N4S/c1-13-10-14(11-17)2-3-15(13)12-19-5-7-20(8-6-19)16-18-4-9-21-16/h2-4,9-10H,5-8,12H2,1H3. The van der Waals surface area contributed by atoms with Crippen LogP contribution in [0.3, 0.4) is 0 Å². The van der Waals surface area contributed by atoms with E-state index >= 15 is 0 Å². The summed E-state index contributed by atoms with van der Waals surface area (Å²) in [5.41, 5.74) is 3.26. The average molecular weight is 298 g/mol. The van der Waals surface area contributed by atoms with Crippen molar-refractivity contribution >= 4 is 16.5 Å². The van der Waals surface area contributed by atoms with E-state index in [1.165, 1.54) is 11.1 Å². The first-order chi connectivity index (χ1) is 10.3. The molecule has 0 radical (unpaired) electrons. The zero-order valence-electron chi connectivity index (χ0n) is 12.1. The maximum absolute atomic E-state index is 8.92. The van der Waals surface area contributed by atoms with Crippen LogP contribution in [-0.4, -0.2) is 36.1 Å². The number of hydrogen-bond acceptors (Lipinski definition) is 5. The van der Waals surface area contributed by atoms with Gasteiger partial charge in [0.25, 0.3) is 0 Å². The molecule has 1 saturated heterocycles. The second-order valence-electron chi connectivity index (χ2n) is 5.33. The van der Waals surface area contributed by atoms with E-state index < -0.39 is 0 Å². The molecule has 0 saturated carbocycles. The largest absolute Gasteiger partial charge is 0.346 e. The first-order valence-electron chi connectivity index (χ1n) is 7.12. The lowest BCUT2D eigenvalue weighted by atomic mass is 10.0. The van der Waals surface area contributed by atoms with Crippen molar-refractivity contribution in [1.29, 1.82) is 5.26 Å². The minimum Gasteiger partial charge on any atom is -0.346 e. The fourth-order valence-electron chi connectivity index (χ4n) is 2.65. The molecule has 5 heteroatoms. The van der Waals surface area contributed by atoms with Gasteiger partial charge in [0.15, 0.2) is 5.13 Å². The maximum atomic E-state index is 8.92. The van der Waals surface area contributed by atoms with Gasteiger partial charge in [0.2, 0.25) is 0 Å². The van der Waals surface area contributed by atoms with Gasteiger partial charge in [-0.2, -0.15) is 5.26 Å². The fraction of sp³-hybridized carbons (Fsp3) is 0.375. The predicted octanol–water partition coefficient (Wildman–Crippen LogP) is 2.65. The summed E-state index contributed by atoms with van der Waals surface area (Å²) in [5.74, 6) is 0. The number of nitriles is 1. The molecule has 3 rings (SSSR count). The van der Waals surface area contributed by atoms with E-state index in [0.29, 0.717) is 0 Å². The zero-order chi connectivity index (χ0) is 14.7. The van der Waals surface area contributed by atoms with Crippen molar-refractivity contribution in [3.05, 3.63) is 46.5 Å². The maximum Gasteiger partial charge on any atom is 0.185 e. The number of thiazole rings is 1. The van der Waals surface area contributed by atoms with E-state index in [1.807, 2.05) is 23.7 Å². The summed E-state index contributed by atoms with van der Waals surface area (Å²) in [6.45, 7) is 7.22. The van der Waals surface area contributed by atoms with Gasteiger partial charge in [-0.15, -0.1) is 11.3 Å². The average Bonchev–Trinajstić information content (AvgIpc) is 3.04. The van der Waals surface area contributed by atoms with Crippen molar-refractivity contribution in [3.63, 3.8) is 0 Å². The number of piperazine rings is 1. The van der Waals surface area contributed by atoms with Gasteiger partial charge in [0.1, 0.15) is 0 Å². The molecule has 4 nitrogen and oxygen atoms in total. The molecule has 1 aromatic heterocycles. The summed E-state index contributed by atoms with van der Waals surface area (Å²) in [7, 11) is 0. The van der Waals surface area contributed by atoms with Gasteiger partial charge in [0, 0.05) is 44.3 Å². The summed E-state index contributed by atoms with van der Waals surface area (Å²) < 4.78 is 0. The highest BCUT2D eigenvalue weighted by atomic mass is 32.1. The van der Waals surface area contributed by atoms with Crippen LogP contribution in [0.5, 0.6) is 0 Å². The number of aryl methyl sites for hydroxylation is 1. The van der Waals surface area contributed by atoms with Gasteiger partial charge in [-0.3, -0.25) is 4.90 Å². The number of benzene rings is 1. The Hall–Kier alpha value is -1.90. The minimum atomic E-state index is 0.741. The summed E-state index contributed by atoms with van der Waals surface area (Å²) >= 11 is 1.71. The van der Waals surface area contributed by atoms with E-state index in [-0.39, 0.29) is 0 Å². The van der Waals surface area contributed by atoms with Crippen molar-refractivity contribution < 1.29 is 0 Å². The molecular formula is C16H18N4S. The Bertz CT molecular complexity index is 637. The van der Waals surface area contributed by atoms with E-state index in [9.17, 15) is 0 Å². The summed E-state index contributed by atoms with van der Waals surface area (Å²) in [6.07, 6.45) is 1.87. The molecule has 0 spiro atoms. The van der Waals surface area contributed by atoms with E-state index in [1.54, 1.807) is 11.3 Å². The molecule has 108 valence electrons. The third-order valence-corrected chi connectivity index (χ3v) is 4.76. The van der Waals surface area contributed by atoms with Gasteiger partial charge in [-0.05, 0) is 30.2 Å². The van der Waals surface area contributed by atoms with Crippen LogP contribution in [0.15, 0.2) is 29.8 Å². The third-order valence-electron chi connectivity index (χ3n) is 3.93. The van der Waals surface area contributed by atoms with Crippen LogP contribution >= 0.6 is 11.3 Å². The summed E-state index contributed by atoms with van der Waals surface area (Å²) in [6, 6.07) is 8.16. The molecule has 2 heterocycles. The van der Waals surface area contributed by atoms with Crippen LogP contribution < -0.4 is 4.90 Å². The molecule has 0 atom stereocenters. The fourth-order valence-corrected chi connectivity index (χ4v) is 3.35. The molecular weight excluding hydrogens is 280 g/mol. The lowest BCUT2D eigenvalue weighted by Gasteiger charge is -2.34. The van der Waals surface area contributed by atoms with Crippen molar-refractivity contribution in [2.75, 3.05) is 31.1 Å². The van der Waals surface area contributed by atoms with Gasteiger partial charge in [-0.1, -0.05) is 6.07 Å². The number of rotatable bonds is 3. The van der Waals surface area contributed by atoms with Crippen LogP contribution in [0.1, 0.15) is 16.7 Å². The Morgan fingerprint density at radius 1 is 1.29 bits per heavy atom. The van der Waals surface area contributed by atoms with Crippen molar-refractivity contribution in [1.82, 2.24) is 9.88 Å². The Morgan fingerprint density at radius 3 is 2.71 bits per heavy atom. The Kier molecular flexibility index (Phi) is 4.18. The van der Waals surface area contributed by atoms with Crippen molar-refractivity contribution in [2.45, 2.75) is 13.5 Å². The van der Waals surface area contributed by atoms with Gasteiger partial charge in [-0.25, -0.2) is 4.98 Å². The number of nitrogens with zero attached hydrogens (tertiary/aromatic N) is 4. The van der Waals surface area contributed by atoms with E-state index in [4.69, 9.17) is 5.26 Å². The molecule has 1 fully saturated rings. The SMILES string of the molecule is Cc1cc(C#N)ccc1CN1CCN(c2nccs2)CC1. The molecule has 0 bridgehead atoms. The number of hydrogen-bond donors (Lipinski definition) is 0. The highest BCUT2D eigenvalue weighted by Crippen LogP contribution is 2.20. The monoisotopic (exact) mass is 298 g/mol. The van der Waals surface area contributed by atoms with Gasteiger partial charge in [0.05, 0.1) is 11.6 Å². The van der Waals surface area contributed by atoms with Crippen molar-refractivity contribution in [3.8, 4) is 6.07 Å². The topological polar surface area (TPSA) is 43.2 Å². The highest BCUT2D eigenvalue weighted by molar-refractivity contribution is 7.13. The molecule has 0 aliphatic carbocycles. The lowest BCUT2D eigenvalue weighted by Crippen LogP contribution is -2.46. The van der Waals surface area contributed by atoms with E-state index in [2.05, 4.69) is 33.8 Å². The Balaban J connectivity index is 1.59. The molecule has 0 amide bonds. The molecule has 0 N–H and O–H groups in total. The number of aromatic nitrogens is 1. The zero-order valence-corrected chi connectivity index (χ0v) is 12.9. The minimum absolute atomic E-state index is 0.741. The molecule has 2 aromatic rings. The first kappa shape index (κ1) is 14.1. The predicted molar refractivity (Wildman–Crippen MR) is 85.5 cm³/mol. The van der Waals surface area contributed by atoms with E-state index in [0.717, 1.165) is 43.4 Å². The number of anilines is 1. The molecule has 1 aliphatic heterocycles. The quantitative estimate of drug-likeness (QED) is 0.874. The van der Waals surface area contributed by atoms with Crippen LogP contribution in [0.2, 0.25) is 0 Å². The van der Waals surface area contributed by atoms with Gasteiger partial charge >= 0.3 is 0 Å². The van der Waals surface area contributed by atoms with Crippen LogP contribution in [0, 0.1) is 18.3 Å². The summed E-state index contributed by atoms with van der Waals surface area (Å²) in [4.78, 5) is 9.20. The summed E-state index contributed by atoms with van der Waals surface area (Å²) in [5, 5.41) is 12.1. The van der Waals surface area contributed by atoms with Crippen LogP contribution in [-0.2, 0) is 6.54 Å². The van der Waals surface area contributed by atoms with Crippen molar-refractivity contribution in [2.24, 2.45) is 0 Å². The molecule has 1 aromatic carbocycles. The van der Waals surface area contributed by atoms with Gasteiger partial charge < -0.3 is 4.90 Å². The first-order valence-corrected chi connectivity index (χ1v) is 8.00. The smallest absolute Gasteiger partial charge is 0.185 e. The second kappa shape index (κ2) is 6.25. The second-order valence-corrected chi connectivity index (χ2v) is 6.20. The third kappa shape index (κ3) is 3.23. The molecule has 21 heavy (non-hydrogen) atoms. The highest BCUT2D eigenvalue weighted by Gasteiger charge is 2.19. The van der Waals surface area contributed by atoms with Crippen LogP contribution in [0.25, 0.3) is 0 Å². The lowest BCUT2D eigenvalue weighted by molar-refractivity contribution is 0.249. The Morgan fingerprint density at radius 2 is 2.10 bits per heavy atom. The Labute approximate surface area is 129 Å².